The summed E-state index contributed by atoms with van der Waals surface area (Å²) in [7, 11) is 0. The van der Waals surface area contributed by atoms with Crippen molar-refractivity contribution in [3.05, 3.63) is 29.3 Å². The Hall–Kier alpha value is -1.65. The molecule has 20 heavy (non-hydrogen) atoms. The van der Waals surface area contributed by atoms with Gasteiger partial charge in [0, 0.05) is 12.1 Å². The van der Waals surface area contributed by atoms with Crippen molar-refractivity contribution in [2.75, 3.05) is 5.32 Å². The van der Waals surface area contributed by atoms with Crippen LogP contribution in [0, 0.1) is 23.5 Å². The highest BCUT2D eigenvalue weighted by molar-refractivity contribution is 5.94. The Bertz CT molecular complexity index is 519. The standard InChI is InChI=1S/C15H20F2N2O/c1-8-3-4-9(2)13(5-8)19-14-6-10(15(18)20)11(16)7-12(14)17/h6-9,13,19H,3-5H2,1-2H3,(H2,18,20). The van der Waals surface area contributed by atoms with E-state index in [0.717, 1.165) is 19.3 Å². The summed E-state index contributed by atoms with van der Waals surface area (Å²) in [6.45, 7) is 4.27. The Labute approximate surface area is 117 Å². The number of carbonyl (C=O) groups excluding carboxylic acids is 1. The average Bonchev–Trinajstić information content (AvgIpc) is 2.36. The van der Waals surface area contributed by atoms with Gasteiger partial charge in [-0.15, -0.1) is 0 Å². The number of nitrogens with two attached hydrogens (primary N) is 1. The molecule has 5 heteroatoms. The predicted molar refractivity (Wildman–Crippen MR) is 74.5 cm³/mol. The van der Waals surface area contributed by atoms with Crippen LogP contribution in [0.1, 0.15) is 43.5 Å². The first-order valence-electron chi connectivity index (χ1n) is 6.94. The van der Waals surface area contributed by atoms with E-state index in [-0.39, 0.29) is 17.3 Å². The third kappa shape index (κ3) is 3.08. The molecule has 0 heterocycles. The normalized spacial score (nSPS) is 26.3. The molecule has 0 aromatic heterocycles. The minimum Gasteiger partial charge on any atom is -0.380 e. The summed E-state index contributed by atoms with van der Waals surface area (Å²) >= 11 is 0. The molecule has 3 unspecified atom stereocenters. The van der Waals surface area contributed by atoms with Crippen LogP contribution in [0.25, 0.3) is 0 Å². The Kier molecular flexibility index (Phi) is 4.26. The van der Waals surface area contributed by atoms with E-state index >= 15 is 0 Å². The first-order chi connectivity index (χ1) is 9.38. The molecule has 0 saturated heterocycles. The van der Waals surface area contributed by atoms with Gasteiger partial charge in [-0.1, -0.05) is 20.3 Å². The van der Waals surface area contributed by atoms with E-state index in [1.54, 1.807) is 0 Å². The van der Waals surface area contributed by atoms with Gasteiger partial charge in [0.2, 0.25) is 0 Å². The number of amides is 1. The second-order valence-corrected chi connectivity index (χ2v) is 5.82. The Morgan fingerprint density at radius 2 is 1.95 bits per heavy atom. The van der Waals surface area contributed by atoms with Crippen LogP contribution >= 0.6 is 0 Å². The predicted octanol–water partition coefficient (Wildman–Crippen LogP) is 3.30. The summed E-state index contributed by atoms with van der Waals surface area (Å²) in [5.74, 6) is -1.53. The minimum atomic E-state index is -0.925. The third-order valence-electron chi connectivity index (χ3n) is 4.12. The van der Waals surface area contributed by atoms with Crippen molar-refractivity contribution in [1.29, 1.82) is 0 Å². The number of halogens is 2. The molecule has 2 rings (SSSR count). The van der Waals surface area contributed by atoms with Gasteiger partial charge in [0.15, 0.2) is 0 Å². The monoisotopic (exact) mass is 282 g/mol. The smallest absolute Gasteiger partial charge is 0.251 e. The van der Waals surface area contributed by atoms with E-state index < -0.39 is 17.5 Å². The lowest BCUT2D eigenvalue weighted by Crippen LogP contribution is -2.34. The number of hydrogen-bond acceptors (Lipinski definition) is 2. The van der Waals surface area contributed by atoms with Crippen LogP contribution in [0.2, 0.25) is 0 Å². The third-order valence-corrected chi connectivity index (χ3v) is 4.12. The molecular formula is C15H20F2N2O. The number of rotatable bonds is 3. The lowest BCUT2D eigenvalue weighted by molar-refractivity contribution is 0.0996. The van der Waals surface area contributed by atoms with Gasteiger partial charge in [-0.2, -0.15) is 0 Å². The SMILES string of the molecule is CC1CCC(C)C(Nc2cc(C(N)=O)c(F)cc2F)C1. The molecule has 0 bridgehead atoms. The number of primary amides is 1. The van der Waals surface area contributed by atoms with Gasteiger partial charge < -0.3 is 11.1 Å². The summed E-state index contributed by atoms with van der Waals surface area (Å²) < 4.78 is 27.2. The van der Waals surface area contributed by atoms with Crippen LogP contribution in [-0.2, 0) is 0 Å². The maximum Gasteiger partial charge on any atom is 0.251 e. The fraction of sp³-hybridized carbons (Fsp3) is 0.533. The van der Waals surface area contributed by atoms with Crippen LogP contribution in [0.3, 0.4) is 0 Å². The molecule has 1 fully saturated rings. The largest absolute Gasteiger partial charge is 0.380 e. The van der Waals surface area contributed by atoms with Crippen LogP contribution in [0.4, 0.5) is 14.5 Å². The minimum absolute atomic E-state index is 0.124. The number of carbonyl (C=O) groups is 1. The lowest BCUT2D eigenvalue weighted by atomic mass is 9.80. The molecule has 1 aromatic carbocycles. The number of hydrogen-bond donors (Lipinski definition) is 2. The molecular weight excluding hydrogens is 262 g/mol. The molecule has 110 valence electrons. The van der Waals surface area contributed by atoms with E-state index in [9.17, 15) is 13.6 Å². The number of nitrogens with one attached hydrogen (secondary N) is 1. The van der Waals surface area contributed by atoms with Gasteiger partial charge in [0.05, 0.1) is 11.3 Å². The van der Waals surface area contributed by atoms with Gasteiger partial charge in [0.1, 0.15) is 11.6 Å². The van der Waals surface area contributed by atoms with Crippen molar-refractivity contribution < 1.29 is 13.6 Å². The van der Waals surface area contributed by atoms with Crippen molar-refractivity contribution in [3.8, 4) is 0 Å². The van der Waals surface area contributed by atoms with Gasteiger partial charge in [0.25, 0.3) is 5.91 Å². The maximum atomic E-state index is 13.8. The topological polar surface area (TPSA) is 55.1 Å². The van der Waals surface area contributed by atoms with E-state index in [1.807, 2.05) is 0 Å². The first-order valence-corrected chi connectivity index (χ1v) is 6.94. The van der Waals surface area contributed by atoms with E-state index in [2.05, 4.69) is 19.2 Å². The highest BCUT2D eigenvalue weighted by atomic mass is 19.1. The zero-order chi connectivity index (χ0) is 14.9. The molecule has 0 radical (unpaired) electrons. The Morgan fingerprint density at radius 1 is 1.25 bits per heavy atom. The van der Waals surface area contributed by atoms with Crippen molar-refractivity contribution in [1.82, 2.24) is 0 Å². The molecule has 1 aliphatic rings. The van der Waals surface area contributed by atoms with Gasteiger partial charge in [-0.3, -0.25) is 4.79 Å². The summed E-state index contributed by atoms with van der Waals surface area (Å²) in [6.07, 6.45) is 3.17. The molecule has 3 nitrogen and oxygen atoms in total. The van der Waals surface area contributed by atoms with Gasteiger partial charge >= 0.3 is 0 Å². The average molecular weight is 282 g/mol. The molecule has 1 aliphatic carbocycles. The molecule has 1 aromatic rings. The summed E-state index contributed by atoms with van der Waals surface area (Å²) in [5.41, 5.74) is 4.94. The fourth-order valence-electron chi connectivity index (χ4n) is 2.78. The molecule has 3 atom stereocenters. The van der Waals surface area contributed by atoms with Crippen LogP contribution in [-0.4, -0.2) is 11.9 Å². The first kappa shape index (κ1) is 14.8. The molecule has 0 aliphatic heterocycles. The zero-order valence-corrected chi connectivity index (χ0v) is 11.7. The highest BCUT2D eigenvalue weighted by Crippen LogP contribution is 2.31. The van der Waals surface area contributed by atoms with Crippen molar-refractivity contribution in [3.63, 3.8) is 0 Å². The van der Waals surface area contributed by atoms with Crippen molar-refractivity contribution in [2.45, 2.75) is 39.2 Å². The van der Waals surface area contributed by atoms with Crippen LogP contribution in [0.15, 0.2) is 12.1 Å². The van der Waals surface area contributed by atoms with Gasteiger partial charge in [-0.05, 0) is 30.7 Å². The van der Waals surface area contributed by atoms with Crippen LogP contribution < -0.4 is 11.1 Å². The number of benzene rings is 1. The van der Waals surface area contributed by atoms with Crippen molar-refractivity contribution in [2.24, 2.45) is 17.6 Å². The second-order valence-electron chi connectivity index (χ2n) is 5.82. The summed E-state index contributed by atoms with van der Waals surface area (Å²) in [4.78, 5) is 11.1. The zero-order valence-electron chi connectivity index (χ0n) is 11.7. The van der Waals surface area contributed by atoms with E-state index in [0.29, 0.717) is 17.9 Å². The quantitative estimate of drug-likeness (QED) is 0.893. The Morgan fingerprint density at radius 3 is 2.60 bits per heavy atom. The number of anilines is 1. The summed E-state index contributed by atoms with van der Waals surface area (Å²) in [5, 5.41) is 3.10. The van der Waals surface area contributed by atoms with Crippen LogP contribution in [0.5, 0.6) is 0 Å². The molecule has 3 N–H and O–H groups in total. The van der Waals surface area contributed by atoms with E-state index in [1.165, 1.54) is 6.07 Å². The Balaban J connectivity index is 2.24. The molecule has 1 amide bonds. The van der Waals surface area contributed by atoms with Crippen molar-refractivity contribution >= 4 is 11.6 Å². The van der Waals surface area contributed by atoms with Gasteiger partial charge in [-0.25, -0.2) is 8.78 Å². The van der Waals surface area contributed by atoms with E-state index in [4.69, 9.17) is 5.73 Å². The fourth-order valence-corrected chi connectivity index (χ4v) is 2.78. The lowest BCUT2D eigenvalue weighted by Gasteiger charge is -2.34. The highest BCUT2D eigenvalue weighted by Gasteiger charge is 2.26. The maximum absolute atomic E-state index is 13.8. The summed E-state index contributed by atoms with van der Waals surface area (Å²) in [6, 6.07) is 2.00. The second kappa shape index (κ2) is 5.77. The molecule has 0 spiro atoms. The molecule has 1 saturated carbocycles.